The second-order valence-corrected chi connectivity index (χ2v) is 5.12. The van der Waals surface area contributed by atoms with E-state index in [4.69, 9.17) is 4.74 Å². The zero-order valence-corrected chi connectivity index (χ0v) is 9.48. The Morgan fingerprint density at radius 1 is 1.25 bits per heavy atom. The van der Waals surface area contributed by atoms with Crippen LogP contribution in [-0.4, -0.2) is 23.4 Å². The van der Waals surface area contributed by atoms with E-state index in [0.29, 0.717) is 6.61 Å². The smallest absolute Gasteiger partial charge is 0.0750 e. The second kappa shape index (κ2) is 3.86. The Bertz CT molecular complexity index is 388. The number of hydrogen-bond donors (Lipinski definition) is 1. The van der Waals surface area contributed by atoms with Crippen LogP contribution in [0.15, 0.2) is 24.3 Å². The van der Waals surface area contributed by atoms with E-state index >= 15 is 0 Å². The molecule has 2 heteroatoms. The van der Waals surface area contributed by atoms with Crippen molar-refractivity contribution in [3.8, 4) is 0 Å². The van der Waals surface area contributed by atoms with Crippen molar-refractivity contribution < 1.29 is 9.84 Å². The Kier molecular flexibility index (Phi) is 2.49. The molecular weight excluding hydrogens is 200 g/mol. The molecule has 1 N–H and O–H groups in total. The van der Waals surface area contributed by atoms with Crippen LogP contribution >= 0.6 is 0 Å². The monoisotopic (exact) mass is 218 g/mol. The molecule has 86 valence electrons. The van der Waals surface area contributed by atoms with Crippen molar-refractivity contribution in [3.63, 3.8) is 0 Å². The highest BCUT2D eigenvalue weighted by Crippen LogP contribution is 2.37. The number of fused-ring (bicyclic) bond motifs is 1. The summed E-state index contributed by atoms with van der Waals surface area (Å²) in [6, 6.07) is 8.60. The lowest BCUT2D eigenvalue weighted by atomic mass is 9.76. The van der Waals surface area contributed by atoms with Crippen LogP contribution in [-0.2, 0) is 17.6 Å². The maximum Gasteiger partial charge on any atom is 0.0750 e. The highest BCUT2D eigenvalue weighted by atomic mass is 16.5. The van der Waals surface area contributed by atoms with Crippen LogP contribution < -0.4 is 0 Å². The molecule has 0 amide bonds. The maximum atomic E-state index is 9.79. The average Bonchev–Trinajstić information content (AvgIpc) is 2.28. The number of aryl methyl sites for hydroxylation is 1. The molecule has 2 unspecified atom stereocenters. The Labute approximate surface area is 96.2 Å². The maximum absolute atomic E-state index is 9.79. The van der Waals surface area contributed by atoms with Crippen LogP contribution in [0.2, 0.25) is 0 Å². The Balaban J connectivity index is 1.86. The van der Waals surface area contributed by atoms with Gasteiger partial charge >= 0.3 is 0 Å². The van der Waals surface area contributed by atoms with Gasteiger partial charge < -0.3 is 9.84 Å². The number of hydrogen-bond acceptors (Lipinski definition) is 2. The third-order valence-electron chi connectivity index (χ3n) is 3.95. The average molecular weight is 218 g/mol. The first-order valence-corrected chi connectivity index (χ1v) is 6.16. The number of aliphatic hydroxyl groups excluding tert-OH is 1. The van der Waals surface area contributed by atoms with Crippen LogP contribution in [0.3, 0.4) is 0 Å². The molecule has 1 aliphatic heterocycles. The lowest BCUT2D eigenvalue weighted by Crippen LogP contribution is -2.46. The fraction of sp³-hybridized carbons (Fsp3) is 0.571. The van der Waals surface area contributed by atoms with Crippen LogP contribution in [0.25, 0.3) is 0 Å². The molecule has 2 atom stereocenters. The predicted molar refractivity (Wildman–Crippen MR) is 62.4 cm³/mol. The summed E-state index contributed by atoms with van der Waals surface area (Å²) in [5.74, 6) is 0. The molecule has 1 saturated heterocycles. The van der Waals surface area contributed by atoms with Crippen molar-refractivity contribution in [3.05, 3.63) is 35.4 Å². The zero-order chi connectivity index (χ0) is 11.0. The van der Waals surface area contributed by atoms with Crippen molar-refractivity contribution in [2.45, 2.75) is 43.8 Å². The van der Waals surface area contributed by atoms with Gasteiger partial charge in [-0.15, -0.1) is 0 Å². The standard InChI is InChI=1S/C14H18O2/c15-13-6-8-16-14(10-13)7-5-11-3-1-2-4-12(11)9-14/h1-4,13,15H,5-10H2. The highest BCUT2D eigenvalue weighted by molar-refractivity contribution is 5.31. The molecule has 1 aromatic rings. The van der Waals surface area contributed by atoms with E-state index in [1.807, 2.05) is 0 Å². The van der Waals surface area contributed by atoms with Crippen molar-refractivity contribution in [2.24, 2.45) is 0 Å². The molecule has 0 saturated carbocycles. The van der Waals surface area contributed by atoms with Gasteiger partial charge in [0, 0.05) is 19.4 Å². The van der Waals surface area contributed by atoms with E-state index in [9.17, 15) is 5.11 Å². The van der Waals surface area contributed by atoms with Crippen LogP contribution in [0.4, 0.5) is 0 Å². The largest absolute Gasteiger partial charge is 0.393 e. The number of ether oxygens (including phenoxy) is 1. The van der Waals surface area contributed by atoms with Gasteiger partial charge in [-0.25, -0.2) is 0 Å². The van der Waals surface area contributed by atoms with Gasteiger partial charge in [-0.1, -0.05) is 24.3 Å². The minimum atomic E-state index is -0.168. The first-order valence-electron chi connectivity index (χ1n) is 6.16. The second-order valence-electron chi connectivity index (χ2n) is 5.12. The van der Waals surface area contributed by atoms with Crippen LogP contribution in [0.5, 0.6) is 0 Å². The Hall–Kier alpha value is -0.860. The first-order chi connectivity index (χ1) is 7.77. The van der Waals surface area contributed by atoms with E-state index < -0.39 is 0 Å². The fourth-order valence-electron chi connectivity index (χ4n) is 3.07. The molecule has 0 bridgehead atoms. The van der Waals surface area contributed by atoms with Gasteiger partial charge in [0.1, 0.15) is 0 Å². The van der Waals surface area contributed by atoms with E-state index in [2.05, 4.69) is 24.3 Å². The summed E-state index contributed by atoms with van der Waals surface area (Å²) in [5.41, 5.74) is 2.78. The first kappa shape index (κ1) is 10.3. The lowest BCUT2D eigenvalue weighted by Gasteiger charge is -2.42. The molecule has 16 heavy (non-hydrogen) atoms. The quantitative estimate of drug-likeness (QED) is 0.722. The minimum Gasteiger partial charge on any atom is -0.393 e. The van der Waals surface area contributed by atoms with Crippen molar-refractivity contribution >= 4 is 0 Å². The molecule has 1 heterocycles. The van der Waals surface area contributed by atoms with Crippen molar-refractivity contribution in [2.75, 3.05) is 6.61 Å². The summed E-state index contributed by atoms with van der Waals surface area (Å²) >= 11 is 0. The molecule has 0 radical (unpaired) electrons. The lowest BCUT2D eigenvalue weighted by molar-refractivity contribution is -0.124. The van der Waals surface area contributed by atoms with E-state index in [1.165, 1.54) is 11.1 Å². The molecular formula is C14H18O2. The molecule has 1 spiro atoms. The van der Waals surface area contributed by atoms with E-state index in [0.717, 1.165) is 32.1 Å². The molecule has 1 aliphatic carbocycles. The predicted octanol–water partition coefficient (Wildman–Crippen LogP) is 2.09. The number of rotatable bonds is 0. The van der Waals surface area contributed by atoms with Gasteiger partial charge in [-0.3, -0.25) is 0 Å². The van der Waals surface area contributed by atoms with Gasteiger partial charge in [-0.2, -0.15) is 0 Å². The Morgan fingerprint density at radius 3 is 2.88 bits per heavy atom. The third-order valence-corrected chi connectivity index (χ3v) is 3.95. The summed E-state index contributed by atoms with van der Waals surface area (Å²) in [4.78, 5) is 0. The van der Waals surface area contributed by atoms with Gasteiger partial charge in [0.2, 0.25) is 0 Å². The zero-order valence-electron chi connectivity index (χ0n) is 9.48. The Morgan fingerprint density at radius 2 is 2.06 bits per heavy atom. The number of aliphatic hydroxyl groups is 1. The SMILES string of the molecule is OC1CCOC2(CCc3ccccc3C2)C1. The van der Waals surface area contributed by atoms with E-state index in [-0.39, 0.29) is 11.7 Å². The molecule has 3 rings (SSSR count). The van der Waals surface area contributed by atoms with Crippen LogP contribution in [0.1, 0.15) is 30.4 Å². The van der Waals surface area contributed by atoms with Gasteiger partial charge in [-0.05, 0) is 30.4 Å². The van der Waals surface area contributed by atoms with Gasteiger partial charge in [0.25, 0.3) is 0 Å². The molecule has 0 aromatic heterocycles. The molecule has 2 aliphatic rings. The topological polar surface area (TPSA) is 29.5 Å². The summed E-state index contributed by atoms with van der Waals surface area (Å²) in [6.07, 6.45) is 4.55. The summed E-state index contributed by atoms with van der Waals surface area (Å²) < 4.78 is 5.97. The molecule has 1 aromatic carbocycles. The highest BCUT2D eigenvalue weighted by Gasteiger charge is 2.39. The number of benzene rings is 1. The minimum absolute atomic E-state index is 0.0774. The van der Waals surface area contributed by atoms with Crippen molar-refractivity contribution in [1.29, 1.82) is 0 Å². The van der Waals surface area contributed by atoms with E-state index in [1.54, 1.807) is 0 Å². The van der Waals surface area contributed by atoms with Crippen molar-refractivity contribution in [1.82, 2.24) is 0 Å². The normalized spacial score (nSPS) is 33.7. The van der Waals surface area contributed by atoms with Crippen LogP contribution in [0, 0.1) is 0 Å². The third kappa shape index (κ3) is 1.76. The molecule has 2 nitrogen and oxygen atoms in total. The summed E-state index contributed by atoms with van der Waals surface area (Å²) in [5, 5.41) is 9.79. The fourth-order valence-corrected chi connectivity index (χ4v) is 3.07. The van der Waals surface area contributed by atoms with Gasteiger partial charge in [0.15, 0.2) is 0 Å². The molecule has 1 fully saturated rings. The van der Waals surface area contributed by atoms with Gasteiger partial charge in [0.05, 0.1) is 11.7 Å². The summed E-state index contributed by atoms with van der Waals surface area (Å²) in [6.45, 7) is 0.712. The summed E-state index contributed by atoms with van der Waals surface area (Å²) in [7, 11) is 0.